The summed E-state index contributed by atoms with van der Waals surface area (Å²) in [6.45, 7) is 0.654. The Balaban J connectivity index is 1.88. The average Bonchev–Trinajstić information content (AvgIpc) is 2.91. The van der Waals surface area contributed by atoms with Crippen LogP contribution in [0.3, 0.4) is 0 Å². The van der Waals surface area contributed by atoms with Gasteiger partial charge in [-0.15, -0.1) is 0 Å². The zero-order valence-corrected chi connectivity index (χ0v) is 13.1. The highest BCUT2D eigenvalue weighted by molar-refractivity contribution is 9.10. The molecule has 2 rings (SSSR count). The van der Waals surface area contributed by atoms with Crippen LogP contribution in [0, 0.1) is 0 Å². The van der Waals surface area contributed by atoms with Gasteiger partial charge in [0.05, 0.1) is 11.3 Å². The van der Waals surface area contributed by atoms with Gasteiger partial charge < -0.3 is 15.7 Å². The number of benzene rings is 1. The van der Waals surface area contributed by atoms with Crippen molar-refractivity contribution in [2.45, 2.75) is 18.1 Å². The second-order valence-corrected chi connectivity index (χ2v) is 6.73. The van der Waals surface area contributed by atoms with E-state index in [1.54, 1.807) is 6.07 Å². The lowest BCUT2D eigenvalue weighted by Gasteiger charge is -2.12. The number of carbonyl (C=O) groups is 2. The first-order valence-corrected chi connectivity index (χ1v) is 8.10. The molecule has 0 aromatic heterocycles. The molecule has 1 aliphatic heterocycles. The molecule has 0 bridgehead atoms. The molecule has 0 spiro atoms. The van der Waals surface area contributed by atoms with Gasteiger partial charge in [-0.1, -0.05) is 0 Å². The molecule has 108 valence electrons. The third kappa shape index (κ3) is 4.14. The van der Waals surface area contributed by atoms with Crippen molar-refractivity contribution in [2.75, 3.05) is 17.6 Å². The van der Waals surface area contributed by atoms with E-state index < -0.39 is 5.97 Å². The molecule has 1 heterocycles. The summed E-state index contributed by atoms with van der Waals surface area (Å²) in [6.07, 6.45) is 2.35. The highest BCUT2D eigenvalue weighted by atomic mass is 79.9. The van der Waals surface area contributed by atoms with Gasteiger partial charge in [0.15, 0.2) is 0 Å². The first-order valence-electron chi connectivity index (χ1n) is 6.25. The van der Waals surface area contributed by atoms with E-state index in [-0.39, 0.29) is 11.6 Å². The van der Waals surface area contributed by atoms with Crippen LogP contribution in [0.4, 0.5) is 10.5 Å². The van der Waals surface area contributed by atoms with Gasteiger partial charge in [0.2, 0.25) is 0 Å². The Morgan fingerprint density at radius 2 is 2.25 bits per heavy atom. The van der Waals surface area contributed by atoms with E-state index >= 15 is 0 Å². The molecule has 1 fully saturated rings. The Hall–Kier alpha value is -1.21. The predicted octanol–water partition coefficient (Wildman–Crippen LogP) is 3.16. The third-order valence-corrected chi connectivity index (χ3v) is 5.03. The van der Waals surface area contributed by atoms with Crippen molar-refractivity contribution < 1.29 is 14.7 Å². The molecule has 1 atom stereocenters. The van der Waals surface area contributed by atoms with Crippen molar-refractivity contribution in [3.8, 4) is 0 Å². The molecule has 0 radical (unpaired) electrons. The van der Waals surface area contributed by atoms with Crippen molar-refractivity contribution in [3.63, 3.8) is 0 Å². The number of aromatic carboxylic acids is 1. The Labute approximate surface area is 129 Å². The van der Waals surface area contributed by atoms with E-state index in [0.717, 1.165) is 12.2 Å². The molecule has 1 unspecified atom stereocenters. The number of anilines is 1. The molecule has 20 heavy (non-hydrogen) atoms. The Kier molecular flexibility index (Phi) is 5.31. The number of urea groups is 1. The number of carbonyl (C=O) groups excluding carboxylic acids is 1. The number of halogens is 1. The number of rotatable bonds is 4. The first kappa shape index (κ1) is 15.2. The fourth-order valence-corrected chi connectivity index (χ4v) is 3.61. The van der Waals surface area contributed by atoms with Gasteiger partial charge in [-0.2, -0.15) is 11.8 Å². The minimum absolute atomic E-state index is 0.171. The second kappa shape index (κ2) is 6.99. The number of carboxylic acids is 1. The van der Waals surface area contributed by atoms with Gasteiger partial charge in [0, 0.05) is 16.3 Å². The van der Waals surface area contributed by atoms with E-state index in [4.69, 9.17) is 5.11 Å². The van der Waals surface area contributed by atoms with E-state index in [2.05, 4.69) is 26.6 Å². The summed E-state index contributed by atoms with van der Waals surface area (Å²) in [5.41, 5.74) is 0.719. The van der Waals surface area contributed by atoms with Crippen LogP contribution in [0.2, 0.25) is 0 Å². The normalized spacial score (nSPS) is 17.8. The predicted molar refractivity (Wildman–Crippen MR) is 83.6 cm³/mol. The lowest BCUT2D eigenvalue weighted by atomic mass is 10.2. The average molecular weight is 359 g/mol. The number of nitrogens with one attached hydrogen (secondary N) is 2. The number of carboxylic acid groups (broad SMARTS) is 1. The van der Waals surface area contributed by atoms with E-state index in [1.165, 1.54) is 18.6 Å². The van der Waals surface area contributed by atoms with E-state index in [0.29, 0.717) is 22.0 Å². The van der Waals surface area contributed by atoms with Gasteiger partial charge in [-0.25, -0.2) is 9.59 Å². The topological polar surface area (TPSA) is 78.4 Å². The number of amides is 2. The molecular weight excluding hydrogens is 344 g/mol. The lowest BCUT2D eigenvalue weighted by Crippen LogP contribution is -2.33. The summed E-state index contributed by atoms with van der Waals surface area (Å²) >= 11 is 5.13. The van der Waals surface area contributed by atoms with Crippen molar-refractivity contribution in [1.29, 1.82) is 0 Å². The molecule has 7 heteroatoms. The van der Waals surface area contributed by atoms with Crippen LogP contribution in [0.5, 0.6) is 0 Å². The highest BCUT2D eigenvalue weighted by Gasteiger charge is 2.16. The molecule has 0 aliphatic carbocycles. The minimum Gasteiger partial charge on any atom is -0.478 e. The Morgan fingerprint density at radius 3 is 2.85 bits per heavy atom. The number of thioether (sulfide) groups is 1. The molecule has 1 aliphatic rings. The van der Waals surface area contributed by atoms with Crippen LogP contribution >= 0.6 is 27.7 Å². The molecule has 3 N–H and O–H groups in total. The largest absolute Gasteiger partial charge is 0.478 e. The monoisotopic (exact) mass is 358 g/mol. The van der Waals surface area contributed by atoms with Crippen molar-refractivity contribution >= 4 is 45.4 Å². The molecule has 0 saturated carbocycles. The quantitative estimate of drug-likeness (QED) is 0.772. The number of hydrogen-bond acceptors (Lipinski definition) is 3. The zero-order chi connectivity index (χ0) is 14.5. The molecule has 1 aromatic rings. The van der Waals surface area contributed by atoms with Crippen LogP contribution in [-0.2, 0) is 0 Å². The van der Waals surface area contributed by atoms with E-state index in [9.17, 15) is 9.59 Å². The number of hydrogen-bond donors (Lipinski definition) is 3. The van der Waals surface area contributed by atoms with Gasteiger partial charge in [0.1, 0.15) is 0 Å². The van der Waals surface area contributed by atoms with Crippen LogP contribution in [-0.4, -0.2) is 34.7 Å². The van der Waals surface area contributed by atoms with Crippen LogP contribution in [0.15, 0.2) is 22.7 Å². The van der Waals surface area contributed by atoms with Gasteiger partial charge in [-0.05, 0) is 52.7 Å². The molecule has 1 saturated heterocycles. The molecule has 5 nitrogen and oxygen atoms in total. The molecular formula is C13H15BrN2O3S. The summed E-state index contributed by atoms with van der Waals surface area (Å²) in [7, 11) is 0. The van der Waals surface area contributed by atoms with Gasteiger partial charge >= 0.3 is 12.0 Å². The summed E-state index contributed by atoms with van der Waals surface area (Å²) in [4.78, 5) is 22.6. The van der Waals surface area contributed by atoms with Crippen molar-refractivity contribution in [3.05, 3.63) is 28.2 Å². The van der Waals surface area contributed by atoms with Crippen molar-refractivity contribution in [2.24, 2.45) is 0 Å². The van der Waals surface area contributed by atoms with Crippen molar-refractivity contribution in [1.82, 2.24) is 5.32 Å². The fraction of sp³-hybridized carbons (Fsp3) is 0.385. The Morgan fingerprint density at radius 1 is 1.45 bits per heavy atom. The lowest BCUT2D eigenvalue weighted by molar-refractivity contribution is 0.0697. The van der Waals surface area contributed by atoms with Crippen LogP contribution in [0.25, 0.3) is 0 Å². The maximum absolute atomic E-state index is 11.8. The van der Waals surface area contributed by atoms with Crippen LogP contribution in [0.1, 0.15) is 23.2 Å². The minimum atomic E-state index is -1.00. The fourth-order valence-electron chi connectivity index (χ4n) is 1.93. The van der Waals surface area contributed by atoms with Crippen LogP contribution < -0.4 is 10.6 Å². The molecule has 2 amide bonds. The highest BCUT2D eigenvalue weighted by Crippen LogP contribution is 2.26. The SMILES string of the molecule is O=C(NCC1CCCS1)Nc1ccc(C(=O)O)cc1Br. The standard InChI is InChI=1S/C13H15BrN2O3S/c14-10-6-8(12(17)18)3-4-11(10)16-13(19)15-7-9-2-1-5-20-9/h3-4,6,9H,1-2,5,7H2,(H,17,18)(H2,15,16,19). The Bertz CT molecular complexity index is 518. The molecule has 1 aromatic carbocycles. The maximum atomic E-state index is 11.8. The van der Waals surface area contributed by atoms with Gasteiger partial charge in [0.25, 0.3) is 0 Å². The zero-order valence-electron chi connectivity index (χ0n) is 10.7. The third-order valence-electron chi connectivity index (χ3n) is 2.98. The van der Waals surface area contributed by atoms with E-state index in [1.807, 2.05) is 11.8 Å². The summed E-state index contributed by atoms with van der Waals surface area (Å²) < 4.78 is 0.544. The second-order valence-electron chi connectivity index (χ2n) is 4.47. The smallest absolute Gasteiger partial charge is 0.335 e. The maximum Gasteiger partial charge on any atom is 0.335 e. The van der Waals surface area contributed by atoms with Gasteiger partial charge in [-0.3, -0.25) is 0 Å². The summed E-state index contributed by atoms with van der Waals surface area (Å²) in [6, 6.07) is 4.21. The summed E-state index contributed by atoms with van der Waals surface area (Å²) in [5, 5.41) is 14.9. The first-order chi connectivity index (χ1) is 9.56. The summed E-state index contributed by atoms with van der Waals surface area (Å²) in [5.74, 6) is 0.163.